The second kappa shape index (κ2) is 5.32. The number of nitrogens with zero attached hydrogens (tertiary/aromatic N) is 2. The maximum atomic E-state index is 13.8. The molecule has 0 aliphatic carbocycles. The maximum absolute atomic E-state index is 13.8. The molecule has 0 fully saturated rings. The van der Waals surface area contributed by atoms with E-state index < -0.39 is 0 Å². The summed E-state index contributed by atoms with van der Waals surface area (Å²) in [5.41, 5.74) is 0.359. The van der Waals surface area contributed by atoms with E-state index in [0.717, 1.165) is 14.2 Å². The highest BCUT2D eigenvalue weighted by atomic mass is 79.9. The fraction of sp³-hybridized carbons (Fsp3) is 0.333. The highest BCUT2D eigenvalue weighted by molar-refractivity contribution is 9.10. The van der Waals surface area contributed by atoms with Crippen LogP contribution in [0.15, 0.2) is 10.5 Å². The van der Waals surface area contributed by atoms with E-state index in [-0.39, 0.29) is 11.6 Å². The molecule has 0 bridgehead atoms. The van der Waals surface area contributed by atoms with E-state index in [4.69, 9.17) is 0 Å². The molecular formula is C12H13BrFN3S. The van der Waals surface area contributed by atoms with Crippen molar-refractivity contribution < 1.29 is 4.39 Å². The van der Waals surface area contributed by atoms with Crippen molar-refractivity contribution in [2.75, 3.05) is 11.9 Å². The summed E-state index contributed by atoms with van der Waals surface area (Å²) in [7, 11) is 0. The van der Waals surface area contributed by atoms with Gasteiger partial charge in [-0.25, -0.2) is 14.4 Å². The zero-order valence-electron chi connectivity index (χ0n) is 10.3. The molecule has 1 N–H and O–H groups in total. The molecule has 0 amide bonds. The highest BCUT2D eigenvalue weighted by Gasteiger charge is 2.14. The Hall–Kier alpha value is -1.01. The van der Waals surface area contributed by atoms with Crippen molar-refractivity contribution in [3.05, 3.63) is 26.9 Å². The molecule has 6 heteroatoms. The number of hydrogen-bond donors (Lipinski definition) is 1. The van der Waals surface area contributed by atoms with Crippen LogP contribution in [-0.2, 0) is 0 Å². The van der Waals surface area contributed by atoms with Crippen LogP contribution in [0.25, 0.3) is 10.7 Å². The summed E-state index contributed by atoms with van der Waals surface area (Å²) >= 11 is 5.05. The van der Waals surface area contributed by atoms with Crippen LogP contribution in [0, 0.1) is 19.7 Å². The van der Waals surface area contributed by atoms with Gasteiger partial charge in [-0.3, -0.25) is 0 Å². The number of anilines is 1. The molecule has 0 aromatic carbocycles. The van der Waals surface area contributed by atoms with Crippen molar-refractivity contribution in [2.45, 2.75) is 20.8 Å². The lowest BCUT2D eigenvalue weighted by molar-refractivity contribution is 0.606. The number of halogens is 2. The Bertz CT molecular complexity index is 563. The van der Waals surface area contributed by atoms with Crippen molar-refractivity contribution in [3.8, 4) is 10.7 Å². The average molecular weight is 330 g/mol. The van der Waals surface area contributed by atoms with E-state index in [0.29, 0.717) is 18.1 Å². The Morgan fingerprint density at radius 1 is 1.39 bits per heavy atom. The lowest BCUT2D eigenvalue weighted by Gasteiger charge is -2.07. The first-order valence-corrected chi connectivity index (χ1v) is 7.18. The predicted octanol–water partition coefficient (Wildman–Crippen LogP) is 4.16. The van der Waals surface area contributed by atoms with Gasteiger partial charge in [0.2, 0.25) is 0 Å². The Labute approximate surface area is 118 Å². The fourth-order valence-electron chi connectivity index (χ4n) is 1.52. The number of thiophene rings is 1. The Morgan fingerprint density at radius 3 is 2.67 bits per heavy atom. The SMILES string of the molecule is CCNc1nc(-c2cc(Br)c(C)s2)nc(C)c1F. The van der Waals surface area contributed by atoms with Crippen molar-refractivity contribution in [3.63, 3.8) is 0 Å². The molecule has 2 aromatic rings. The third-order valence-corrected chi connectivity index (χ3v) is 4.57. The molecule has 0 atom stereocenters. The first-order chi connectivity index (χ1) is 8.52. The summed E-state index contributed by atoms with van der Waals surface area (Å²) in [5, 5.41) is 2.92. The molecular weight excluding hydrogens is 317 g/mol. The first-order valence-electron chi connectivity index (χ1n) is 5.57. The fourth-order valence-corrected chi connectivity index (χ4v) is 2.99. The van der Waals surface area contributed by atoms with E-state index in [1.54, 1.807) is 18.3 Å². The summed E-state index contributed by atoms with van der Waals surface area (Å²) in [6.45, 7) is 6.19. The van der Waals surface area contributed by atoms with E-state index >= 15 is 0 Å². The smallest absolute Gasteiger partial charge is 0.186 e. The molecule has 2 rings (SSSR count). The van der Waals surface area contributed by atoms with Crippen LogP contribution in [0.3, 0.4) is 0 Å². The normalized spacial score (nSPS) is 10.7. The topological polar surface area (TPSA) is 37.8 Å². The van der Waals surface area contributed by atoms with Gasteiger partial charge in [-0.2, -0.15) is 0 Å². The Morgan fingerprint density at radius 2 is 2.11 bits per heavy atom. The molecule has 0 unspecified atom stereocenters. The van der Waals surface area contributed by atoms with Gasteiger partial charge in [0.05, 0.1) is 10.6 Å². The monoisotopic (exact) mass is 329 g/mol. The first kappa shape index (κ1) is 13.4. The molecule has 0 saturated heterocycles. The minimum Gasteiger partial charge on any atom is -0.368 e. The van der Waals surface area contributed by atoms with Crippen molar-refractivity contribution in [1.29, 1.82) is 0 Å². The molecule has 2 heterocycles. The summed E-state index contributed by atoms with van der Waals surface area (Å²) in [4.78, 5) is 10.5. The third-order valence-electron chi connectivity index (χ3n) is 2.44. The Balaban J connectivity index is 2.51. The standard InChI is InChI=1S/C12H13BrFN3S/c1-4-15-12-10(14)6(2)16-11(17-12)9-5-8(13)7(3)18-9/h5H,4H2,1-3H3,(H,15,16,17). The zero-order valence-corrected chi connectivity index (χ0v) is 12.7. The van der Waals surface area contributed by atoms with Gasteiger partial charge < -0.3 is 5.32 Å². The second-order valence-electron chi connectivity index (χ2n) is 3.84. The molecule has 0 saturated carbocycles. The van der Waals surface area contributed by atoms with Gasteiger partial charge in [-0.1, -0.05) is 0 Å². The molecule has 0 spiro atoms. The molecule has 0 aliphatic heterocycles. The van der Waals surface area contributed by atoms with Gasteiger partial charge in [-0.05, 0) is 42.8 Å². The van der Waals surface area contributed by atoms with E-state index in [1.165, 1.54) is 0 Å². The average Bonchev–Trinajstić information content (AvgIpc) is 2.65. The number of nitrogens with one attached hydrogen (secondary N) is 1. The van der Waals surface area contributed by atoms with Crippen LogP contribution in [0.4, 0.5) is 10.2 Å². The van der Waals surface area contributed by atoms with Crippen molar-refractivity contribution in [2.24, 2.45) is 0 Å². The lowest BCUT2D eigenvalue weighted by atomic mass is 10.3. The number of hydrogen-bond acceptors (Lipinski definition) is 4. The number of rotatable bonds is 3. The summed E-state index contributed by atoms with van der Waals surface area (Å²) in [6, 6.07) is 1.96. The van der Waals surface area contributed by atoms with Crippen molar-refractivity contribution in [1.82, 2.24) is 9.97 Å². The van der Waals surface area contributed by atoms with E-state index in [9.17, 15) is 4.39 Å². The summed E-state index contributed by atoms with van der Waals surface area (Å²) in [5.74, 6) is 0.443. The number of aryl methyl sites for hydroxylation is 2. The summed E-state index contributed by atoms with van der Waals surface area (Å²) < 4.78 is 14.8. The highest BCUT2D eigenvalue weighted by Crippen LogP contribution is 2.33. The predicted molar refractivity (Wildman–Crippen MR) is 76.6 cm³/mol. The van der Waals surface area contributed by atoms with Crippen LogP contribution < -0.4 is 5.32 Å². The minimum atomic E-state index is -0.382. The van der Waals surface area contributed by atoms with Gasteiger partial charge in [0, 0.05) is 15.9 Å². The largest absolute Gasteiger partial charge is 0.368 e. The van der Waals surface area contributed by atoms with Gasteiger partial charge in [0.1, 0.15) is 0 Å². The maximum Gasteiger partial charge on any atom is 0.186 e. The van der Waals surface area contributed by atoms with Crippen molar-refractivity contribution >= 4 is 33.1 Å². The van der Waals surface area contributed by atoms with Gasteiger partial charge in [-0.15, -0.1) is 11.3 Å². The molecule has 3 nitrogen and oxygen atoms in total. The zero-order chi connectivity index (χ0) is 13.3. The summed E-state index contributed by atoms with van der Waals surface area (Å²) in [6.07, 6.45) is 0. The molecule has 96 valence electrons. The molecule has 0 aliphatic rings. The number of aromatic nitrogens is 2. The van der Waals surface area contributed by atoms with Gasteiger partial charge >= 0.3 is 0 Å². The quantitative estimate of drug-likeness (QED) is 0.918. The van der Waals surface area contributed by atoms with Crippen LogP contribution in [0.5, 0.6) is 0 Å². The van der Waals surface area contributed by atoms with Gasteiger partial charge in [0.15, 0.2) is 17.5 Å². The van der Waals surface area contributed by atoms with E-state index in [2.05, 4.69) is 31.2 Å². The van der Waals surface area contributed by atoms with Crippen LogP contribution in [-0.4, -0.2) is 16.5 Å². The Kier molecular flexibility index (Phi) is 3.97. The molecule has 2 aromatic heterocycles. The molecule has 0 radical (unpaired) electrons. The minimum absolute atomic E-state index is 0.266. The van der Waals surface area contributed by atoms with Crippen LogP contribution >= 0.6 is 27.3 Å². The van der Waals surface area contributed by atoms with Crippen LogP contribution in [0.1, 0.15) is 17.5 Å². The lowest BCUT2D eigenvalue weighted by Crippen LogP contribution is -2.06. The van der Waals surface area contributed by atoms with Crippen LogP contribution in [0.2, 0.25) is 0 Å². The second-order valence-corrected chi connectivity index (χ2v) is 5.95. The van der Waals surface area contributed by atoms with E-state index in [1.807, 2.05) is 19.9 Å². The van der Waals surface area contributed by atoms with Gasteiger partial charge in [0.25, 0.3) is 0 Å². The third kappa shape index (κ3) is 2.54. The molecule has 18 heavy (non-hydrogen) atoms.